The van der Waals surface area contributed by atoms with Crippen LogP contribution in [0.4, 0.5) is 0 Å². The fraction of sp³-hybridized carbons (Fsp3) is 0.767. The molecule has 3 aliphatic heterocycles. The van der Waals surface area contributed by atoms with E-state index >= 15 is 0 Å². The summed E-state index contributed by atoms with van der Waals surface area (Å²) in [5.41, 5.74) is -2.08. The summed E-state index contributed by atoms with van der Waals surface area (Å²) in [6.07, 6.45) is 7.76. The standard InChI is InChI=1S/C30H48N2O6/c1-8-11-13-15-31(14-10-3)27(35)25-30-18-21(6)29(7,38-30)24(28(36)37-16-12-9-2)23(30)26(34)32(25)22(19-33)17-20(4)5/h9-10,20-25,33H,2-3,8,11-19H2,1,4-7H3/t21?,22-,23+,24-,25?,29+,30?/m1/s1. The maximum Gasteiger partial charge on any atom is 0.312 e. The lowest BCUT2D eigenvalue weighted by molar-refractivity contribution is -0.163. The Labute approximate surface area is 228 Å². The second-order valence-corrected chi connectivity index (χ2v) is 11.9. The van der Waals surface area contributed by atoms with E-state index in [2.05, 4.69) is 20.1 Å². The third kappa shape index (κ3) is 5.18. The number of fused-ring (bicyclic) bond motifs is 1. The van der Waals surface area contributed by atoms with E-state index in [0.717, 1.165) is 19.3 Å². The third-order valence-electron chi connectivity index (χ3n) is 8.85. The topological polar surface area (TPSA) is 96.4 Å². The summed E-state index contributed by atoms with van der Waals surface area (Å²) in [6, 6.07) is -1.48. The zero-order valence-corrected chi connectivity index (χ0v) is 24.0. The van der Waals surface area contributed by atoms with Crippen molar-refractivity contribution in [2.75, 3.05) is 26.3 Å². The smallest absolute Gasteiger partial charge is 0.312 e. The van der Waals surface area contributed by atoms with Crippen LogP contribution >= 0.6 is 0 Å². The van der Waals surface area contributed by atoms with Crippen LogP contribution < -0.4 is 0 Å². The Balaban J connectivity index is 2.10. The molecule has 3 unspecified atom stereocenters. The average molecular weight is 533 g/mol. The number of likely N-dealkylation sites (tertiary alicyclic amines) is 1. The lowest BCUT2D eigenvalue weighted by Crippen LogP contribution is -2.59. The number of hydrogen-bond acceptors (Lipinski definition) is 6. The summed E-state index contributed by atoms with van der Waals surface area (Å²) in [6.45, 7) is 18.4. The molecule has 38 heavy (non-hydrogen) atoms. The number of rotatable bonds is 15. The van der Waals surface area contributed by atoms with E-state index in [1.54, 1.807) is 22.0 Å². The van der Waals surface area contributed by atoms with Crippen LogP contribution in [0, 0.1) is 23.7 Å². The SMILES string of the molecule is C=CCCOC(=O)[C@H]1[C@H]2C(=O)N([C@@H](CO)CC(C)C)C(C(=O)N(CC=C)CCCCC)C23CC(C)[C@]1(C)O3. The van der Waals surface area contributed by atoms with Gasteiger partial charge in [0.2, 0.25) is 11.8 Å². The van der Waals surface area contributed by atoms with E-state index in [-0.39, 0.29) is 36.9 Å². The van der Waals surface area contributed by atoms with Crippen LogP contribution in [-0.4, -0.2) is 82.3 Å². The van der Waals surface area contributed by atoms with Crippen LogP contribution in [0.1, 0.15) is 73.1 Å². The molecular weight excluding hydrogens is 484 g/mol. The monoisotopic (exact) mass is 532 g/mol. The van der Waals surface area contributed by atoms with Crippen LogP contribution in [-0.2, 0) is 23.9 Å². The number of aliphatic hydroxyl groups excluding tert-OH is 1. The lowest BCUT2D eigenvalue weighted by atomic mass is 9.62. The van der Waals surface area contributed by atoms with Gasteiger partial charge < -0.3 is 24.4 Å². The van der Waals surface area contributed by atoms with E-state index < -0.39 is 41.1 Å². The van der Waals surface area contributed by atoms with Crippen LogP contribution in [0.5, 0.6) is 0 Å². The van der Waals surface area contributed by atoms with Gasteiger partial charge in [-0.15, -0.1) is 13.2 Å². The molecule has 3 rings (SSSR count). The van der Waals surface area contributed by atoms with E-state index in [1.165, 1.54) is 0 Å². The van der Waals surface area contributed by atoms with Gasteiger partial charge in [-0.05, 0) is 44.4 Å². The van der Waals surface area contributed by atoms with Gasteiger partial charge >= 0.3 is 5.97 Å². The zero-order chi connectivity index (χ0) is 28.3. The molecule has 2 bridgehead atoms. The van der Waals surface area contributed by atoms with Crippen molar-refractivity contribution in [3.05, 3.63) is 25.3 Å². The Morgan fingerprint density at radius 3 is 2.58 bits per heavy atom. The van der Waals surface area contributed by atoms with Crippen molar-refractivity contribution in [3.8, 4) is 0 Å². The molecule has 3 fully saturated rings. The fourth-order valence-corrected chi connectivity index (χ4v) is 7.03. The van der Waals surface area contributed by atoms with Crippen molar-refractivity contribution in [3.63, 3.8) is 0 Å². The first-order valence-electron chi connectivity index (χ1n) is 14.3. The molecule has 0 aromatic rings. The van der Waals surface area contributed by atoms with Crippen LogP contribution in [0.25, 0.3) is 0 Å². The predicted molar refractivity (Wildman–Crippen MR) is 146 cm³/mol. The molecule has 7 atom stereocenters. The summed E-state index contributed by atoms with van der Waals surface area (Å²) in [5.74, 6) is -2.50. The van der Waals surface area contributed by atoms with Crippen molar-refractivity contribution in [2.24, 2.45) is 23.7 Å². The molecule has 8 nitrogen and oxygen atoms in total. The first-order chi connectivity index (χ1) is 18.0. The Bertz CT molecular complexity index is 905. The van der Waals surface area contributed by atoms with Crippen LogP contribution in [0.2, 0.25) is 0 Å². The number of ether oxygens (including phenoxy) is 2. The van der Waals surface area contributed by atoms with Gasteiger partial charge in [0, 0.05) is 13.1 Å². The molecule has 8 heteroatoms. The van der Waals surface area contributed by atoms with Crippen molar-refractivity contribution in [1.82, 2.24) is 9.80 Å². The minimum atomic E-state index is -1.15. The Morgan fingerprint density at radius 1 is 1.29 bits per heavy atom. The highest BCUT2D eigenvalue weighted by Gasteiger charge is 2.80. The molecule has 0 radical (unpaired) electrons. The molecule has 3 heterocycles. The molecule has 0 saturated carbocycles. The Kier molecular flexibility index (Phi) is 9.85. The van der Waals surface area contributed by atoms with Gasteiger partial charge in [0.15, 0.2) is 0 Å². The van der Waals surface area contributed by atoms with Crippen LogP contribution in [0.15, 0.2) is 25.3 Å². The normalized spacial score (nSPS) is 32.4. The lowest BCUT2D eigenvalue weighted by Gasteiger charge is -2.40. The number of carbonyl (C=O) groups is 3. The molecule has 2 amide bonds. The molecule has 1 spiro atoms. The summed E-state index contributed by atoms with van der Waals surface area (Å²) >= 11 is 0. The van der Waals surface area contributed by atoms with Crippen molar-refractivity contribution < 1.29 is 29.0 Å². The van der Waals surface area contributed by atoms with Crippen molar-refractivity contribution in [2.45, 2.75) is 96.4 Å². The Hall–Kier alpha value is -2.19. The Morgan fingerprint density at radius 2 is 2.00 bits per heavy atom. The second kappa shape index (κ2) is 12.3. The number of amides is 2. The highest BCUT2D eigenvalue weighted by molar-refractivity contribution is 5.98. The average Bonchev–Trinajstić information content (AvgIpc) is 3.38. The van der Waals surface area contributed by atoms with Crippen LogP contribution in [0.3, 0.4) is 0 Å². The number of unbranched alkanes of at least 4 members (excludes halogenated alkanes) is 2. The summed E-state index contributed by atoms with van der Waals surface area (Å²) in [4.78, 5) is 45.6. The molecule has 3 saturated heterocycles. The molecule has 3 aliphatic rings. The van der Waals surface area contributed by atoms with Gasteiger partial charge in [-0.3, -0.25) is 14.4 Å². The predicted octanol–water partition coefficient (Wildman–Crippen LogP) is 3.73. The minimum Gasteiger partial charge on any atom is -0.465 e. The molecule has 0 aliphatic carbocycles. The number of aliphatic hydroxyl groups is 1. The van der Waals surface area contributed by atoms with E-state index in [0.29, 0.717) is 32.4 Å². The first kappa shape index (κ1) is 30.4. The zero-order valence-electron chi connectivity index (χ0n) is 24.0. The molecule has 214 valence electrons. The van der Waals surface area contributed by atoms with E-state index in [4.69, 9.17) is 9.47 Å². The van der Waals surface area contributed by atoms with E-state index in [9.17, 15) is 19.5 Å². The number of nitrogens with zero attached hydrogens (tertiary/aromatic N) is 2. The minimum absolute atomic E-state index is 0.0654. The van der Waals surface area contributed by atoms with Gasteiger partial charge in [0.05, 0.1) is 30.8 Å². The van der Waals surface area contributed by atoms with Crippen molar-refractivity contribution >= 4 is 17.8 Å². The maximum absolute atomic E-state index is 14.4. The fourth-order valence-electron chi connectivity index (χ4n) is 7.03. The van der Waals surface area contributed by atoms with Crippen molar-refractivity contribution in [1.29, 1.82) is 0 Å². The highest BCUT2D eigenvalue weighted by Crippen LogP contribution is 2.65. The summed E-state index contributed by atoms with van der Waals surface area (Å²) in [7, 11) is 0. The third-order valence-corrected chi connectivity index (χ3v) is 8.85. The van der Waals surface area contributed by atoms with Gasteiger partial charge in [-0.1, -0.05) is 52.7 Å². The second-order valence-electron chi connectivity index (χ2n) is 11.9. The molecule has 0 aromatic heterocycles. The summed E-state index contributed by atoms with van der Waals surface area (Å²) < 4.78 is 12.4. The van der Waals surface area contributed by atoms with Gasteiger partial charge in [-0.25, -0.2) is 0 Å². The highest BCUT2D eigenvalue weighted by atomic mass is 16.6. The molecular formula is C30H48N2O6. The number of esters is 1. The number of carbonyl (C=O) groups excluding carboxylic acids is 3. The largest absolute Gasteiger partial charge is 0.465 e. The first-order valence-corrected chi connectivity index (χ1v) is 14.3. The number of hydrogen-bond donors (Lipinski definition) is 1. The molecule has 0 aromatic carbocycles. The van der Waals surface area contributed by atoms with Gasteiger partial charge in [0.25, 0.3) is 0 Å². The van der Waals surface area contributed by atoms with Gasteiger partial charge in [-0.2, -0.15) is 0 Å². The quantitative estimate of drug-likeness (QED) is 0.196. The van der Waals surface area contributed by atoms with Gasteiger partial charge in [0.1, 0.15) is 17.6 Å². The molecule has 1 N–H and O–H groups in total. The maximum atomic E-state index is 14.4. The van der Waals surface area contributed by atoms with E-state index in [1.807, 2.05) is 27.7 Å². The summed E-state index contributed by atoms with van der Waals surface area (Å²) in [5, 5.41) is 10.4.